The monoisotopic (exact) mass is 372 g/mol. The summed E-state index contributed by atoms with van der Waals surface area (Å²) < 4.78 is 6.75. The van der Waals surface area contributed by atoms with Gasteiger partial charge in [-0.15, -0.1) is 0 Å². The summed E-state index contributed by atoms with van der Waals surface area (Å²) in [6.07, 6.45) is 0. The number of furan rings is 1. The van der Waals surface area contributed by atoms with Crippen molar-refractivity contribution in [2.24, 2.45) is 0 Å². The van der Waals surface area contributed by atoms with Gasteiger partial charge in [0, 0.05) is 0 Å². The van der Waals surface area contributed by atoms with E-state index in [4.69, 9.17) is 4.42 Å². The van der Waals surface area contributed by atoms with Gasteiger partial charge in [-0.2, -0.15) is 0 Å². The van der Waals surface area contributed by atoms with E-state index in [1.165, 1.54) is 0 Å². The second-order valence-corrected chi connectivity index (χ2v) is 7.28. The van der Waals surface area contributed by atoms with Gasteiger partial charge in [-0.3, -0.25) is 0 Å². The maximum absolute atomic E-state index is 11.2. The number of aromatic nitrogens is 1. The predicted molar refractivity (Wildman–Crippen MR) is 87.5 cm³/mol. The van der Waals surface area contributed by atoms with Gasteiger partial charge in [-0.25, -0.2) is 0 Å². The van der Waals surface area contributed by atoms with E-state index in [2.05, 4.69) is 17.6 Å². The van der Waals surface area contributed by atoms with E-state index < -0.39 is 5.97 Å². The zero-order chi connectivity index (χ0) is 16.7. The quantitative estimate of drug-likeness (QED) is 0.713. The van der Waals surface area contributed by atoms with Crippen LogP contribution in [0.4, 0.5) is 0 Å². The SMILES string of the molecule is C=C(C)c1cc2cc(-c3nc(C)c(C(=O)O)[se]3)cc(C#N)c2o1. The van der Waals surface area contributed by atoms with E-state index >= 15 is 0 Å². The average molecular weight is 371 g/mol. The van der Waals surface area contributed by atoms with E-state index in [-0.39, 0.29) is 14.5 Å². The topological polar surface area (TPSA) is 87.1 Å². The molecular formula is C17H12N2O3Se. The Kier molecular flexibility index (Phi) is 3.69. The number of carboxylic acids is 1. The van der Waals surface area contributed by atoms with E-state index in [1.54, 1.807) is 13.0 Å². The third-order valence-electron chi connectivity index (χ3n) is 3.40. The molecule has 0 saturated heterocycles. The average Bonchev–Trinajstić information content (AvgIpc) is 3.09. The van der Waals surface area contributed by atoms with E-state index in [0.29, 0.717) is 31.6 Å². The molecular weight excluding hydrogens is 359 g/mol. The van der Waals surface area contributed by atoms with Crippen molar-refractivity contribution >= 4 is 37.0 Å². The Bertz CT molecular complexity index is 1000. The van der Waals surface area contributed by atoms with Crippen molar-refractivity contribution < 1.29 is 14.3 Å². The van der Waals surface area contributed by atoms with Crippen LogP contribution in [0, 0.1) is 18.3 Å². The van der Waals surface area contributed by atoms with Crippen LogP contribution in [0.2, 0.25) is 0 Å². The molecule has 0 radical (unpaired) electrons. The first kappa shape index (κ1) is 15.3. The van der Waals surface area contributed by atoms with E-state index in [1.807, 2.05) is 19.1 Å². The molecule has 2 heterocycles. The second kappa shape index (κ2) is 5.54. The molecule has 0 atom stereocenters. The Balaban J connectivity index is 2.23. The van der Waals surface area contributed by atoms with Gasteiger partial charge in [0.15, 0.2) is 0 Å². The number of carbonyl (C=O) groups is 1. The summed E-state index contributed by atoms with van der Waals surface area (Å²) >= 11 is -0.378. The number of hydrogen-bond acceptors (Lipinski definition) is 4. The number of aromatic carboxylic acids is 1. The third-order valence-corrected chi connectivity index (χ3v) is 5.90. The second-order valence-electron chi connectivity index (χ2n) is 5.18. The number of nitrogens with zero attached hydrogens (tertiary/aromatic N) is 2. The summed E-state index contributed by atoms with van der Waals surface area (Å²) in [6.45, 7) is 7.37. The third kappa shape index (κ3) is 2.61. The molecule has 0 fully saturated rings. The van der Waals surface area contributed by atoms with Gasteiger partial charge in [0.25, 0.3) is 0 Å². The van der Waals surface area contributed by atoms with Crippen LogP contribution in [0.15, 0.2) is 29.2 Å². The molecule has 0 aliphatic carbocycles. The Morgan fingerprint density at radius 3 is 2.74 bits per heavy atom. The van der Waals surface area contributed by atoms with Gasteiger partial charge < -0.3 is 0 Å². The molecule has 5 nitrogen and oxygen atoms in total. The normalized spacial score (nSPS) is 10.7. The number of fused-ring (bicyclic) bond motifs is 1. The first-order valence-corrected chi connectivity index (χ1v) is 8.46. The number of allylic oxidation sites excluding steroid dienone is 1. The molecule has 6 heteroatoms. The molecule has 0 unspecified atom stereocenters. The number of benzene rings is 1. The van der Waals surface area contributed by atoms with Crippen LogP contribution in [0.25, 0.3) is 26.7 Å². The van der Waals surface area contributed by atoms with Crippen LogP contribution in [-0.4, -0.2) is 30.6 Å². The first-order valence-electron chi connectivity index (χ1n) is 6.75. The van der Waals surface area contributed by atoms with Crippen molar-refractivity contribution in [1.29, 1.82) is 5.26 Å². The van der Waals surface area contributed by atoms with Gasteiger partial charge >= 0.3 is 138 Å². The fourth-order valence-corrected chi connectivity index (χ4v) is 4.16. The van der Waals surface area contributed by atoms with Crippen molar-refractivity contribution in [1.82, 2.24) is 4.98 Å². The number of aryl methyl sites for hydroxylation is 1. The summed E-state index contributed by atoms with van der Waals surface area (Å²) in [5.74, 6) is -0.302. The van der Waals surface area contributed by atoms with Crippen molar-refractivity contribution in [3.63, 3.8) is 0 Å². The van der Waals surface area contributed by atoms with Gasteiger partial charge in [-0.1, -0.05) is 0 Å². The Morgan fingerprint density at radius 1 is 1.43 bits per heavy atom. The molecule has 3 rings (SSSR count). The minimum atomic E-state index is -0.935. The van der Waals surface area contributed by atoms with Gasteiger partial charge in [0.05, 0.1) is 0 Å². The Morgan fingerprint density at radius 2 is 2.17 bits per heavy atom. The van der Waals surface area contributed by atoms with Crippen LogP contribution in [0.5, 0.6) is 0 Å². The number of hydrogen-bond donors (Lipinski definition) is 1. The summed E-state index contributed by atoms with van der Waals surface area (Å²) in [7, 11) is 0. The molecule has 114 valence electrons. The van der Waals surface area contributed by atoms with Crippen molar-refractivity contribution in [3.05, 3.63) is 46.2 Å². The fraction of sp³-hybridized carbons (Fsp3) is 0.118. The number of rotatable bonds is 3. The molecule has 0 bridgehead atoms. The molecule has 0 aliphatic rings. The standard InChI is InChI=1S/C17H12N2O3Se/c1-8(2)13-6-10-4-11(5-12(7-18)14(10)22-13)16-19-9(3)15(23-16)17(20)21/h4-6H,1H2,2-3H3,(H,20,21). The van der Waals surface area contributed by atoms with Crippen LogP contribution in [0.3, 0.4) is 0 Å². The molecule has 3 aromatic rings. The predicted octanol–water partition coefficient (Wildman–Crippen LogP) is 3.46. The first-order chi connectivity index (χ1) is 10.9. The molecule has 2 aromatic heterocycles. The maximum atomic E-state index is 11.2. The van der Waals surface area contributed by atoms with Gasteiger partial charge in [-0.05, 0) is 0 Å². The van der Waals surface area contributed by atoms with Crippen molar-refractivity contribution in [2.45, 2.75) is 13.8 Å². The van der Waals surface area contributed by atoms with Crippen LogP contribution in [0.1, 0.15) is 33.2 Å². The van der Waals surface area contributed by atoms with Crippen molar-refractivity contribution in [3.8, 4) is 16.2 Å². The molecule has 23 heavy (non-hydrogen) atoms. The zero-order valence-corrected chi connectivity index (χ0v) is 14.2. The molecule has 0 saturated carbocycles. The number of nitriles is 1. The summed E-state index contributed by atoms with van der Waals surface area (Å²) in [6, 6.07) is 7.55. The molecule has 0 spiro atoms. The Hall–Kier alpha value is -2.61. The summed E-state index contributed by atoms with van der Waals surface area (Å²) in [4.78, 5) is 15.6. The zero-order valence-electron chi connectivity index (χ0n) is 12.5. The minimum absolute atomic E-state index is 0.348. The van der Waals surface area contributed by atoms with Crippen molar-refractivity contribution in [2.75, 3.05) is 0 Å². The molecule has 0 aliphatic heterocycles. The van der Waals surface area contributed by atoms with Gasteiger partial charge in [0.1, 0.15) is 0 Å². The Labute approximate surface area is 138 Å². The number of carboxylic acid groups (broad SMARTS) is 1. The van der Waals surface area contributed by atoms with E-state index in [0.717, 1.165) is 16.5 Å². The molecule has 1 aromatic carbocycles. The summed E-state index contributed by atoms with van der Waals surface area (Å²) in [5.41, 5.74) is 2.99. The van der Waals surface area contributed by atoms with Crippen LogP contribution in [-0.2, 0) is 0 Å². The molecule has 1 N–H and O–H groups in total. The van der Waals surface area contributed by atoms with Crippen LogP contribution < -0.4 is 0 Å². The van der Waals surface area contributed by atoms with E-state index in [9.17, 15) is 15.2 Å². The fourth-order valence-electron chi connectivity index (χ4n) is 2.29. The molecule has 0 amide bonds. The van der Waals surface area contributed by atoms with Gasteiger partial charge in [0.2, 0.25) is 0 Å². The van der Waals surface area contributed by atoms with Crippen LogP contribution >= 0.6 is 0 Å². The summed E-state index contributed by atoms with van der Waals surface area (Å²) in [5, 5.41) is 19.4.